The zero-order valence-electron chi connectivity index (χ0n) is 4.99. The largest absolute Gasteiger partial charge is 0.465 e. The van der Waals surface area contributed by atoms with Gasteiger partial charge in [0.05, 0.1) is 6.54 Å². The first kappa shape index (κ1) is 7.08. The molecule has 1 amide bonds. The summed E-state index contributed by atoms with van der Waals surface area (Å²) in [4.78, 5) is 14.8. The van der Waals surface area contributed by atoms with Crippen LogP contribution >= 0.6 is 11.6 Å². The Morgan fingerprint density at radius 3 is 3.00 bits per heavy atom. The van der Waals surface area contributed by atoms with Crippen molar-refractivity contribution in [3.8, 4) is 0 Å². The smallest absolute Gasteiger partial charge is 0.414 e. The lowest BCUT2D eigenvalue weighted by atomic mass is 10.5. The van der Waals surface area contributed by atoms with Crippen LogP contribution in [0, 0.1) is 0 Å². The van der Waals surface area contributed by atoms with E-state index < -0.39 is 6.09 Å². The van der Waals surface area contributed by atoms with Crippen LogP contribution in [0.25, 0.3) is 0 Å². The maximum Gasteiger partial charge on any atom is 0.414 e. The van der Waals surface area contributed by atoms with Gasteiger partial charge in [-0.15, -0.1) is 0 Å². The summed E-state index contributed by atoms with van der Waals surface area (Å²) >= 11 is 5.42. The first-order valence-electron chi connectivity index (χ1n) is 2.60. The molecule has 1 aliphatic rings. The molecule has 0 aliphatic carbocycles. The Kier molecular flexibility index (Phi) is 1.91. The van der Waals surface area contributed by atoms with Crippen LogP contribution < -0.4 is 0 Å². The summed E-state index contributed by atoms with van der Waals surface area (Å²) < 4.78 is 0. The highest BCUT2D eigenvalue weighted by atomic mass is 35.5. The lowest BCUT2D eigenvalue weighted by Gasteiger charge is -2.15. The average molecular weight is 161 g/mol. The van der Waals surface area contributed by atoms with Gasteiger partial charge in [-0.05, 0) is 17.7 Å². The number of carboxylic acid groups (broad SMARTS) is 1. The molecule has 0 unspecified atom stereocenters. The van der Waals surface area contributed by atoms with Crippen molar-refractivity contribution in [1.29, 1.82) is 0 Å². The van der Waals surface area contributed by atoms with Crippen LogP contribution in [-0.2, 0) is 0 Å². The molecule has 1 N–H and O–H groups in total. The fraction of sp³-hybridized carbons (Fsp3) is 0.200. The maximum absolute atomic E-state index is 10.3. The Morgan fingerprint density at radius 2 is 2.60 bits per heavy atom. The van der Waals surface area contributed by atoms with E-state index in [0.29, 0.717) is 0 Å². The molecular formula is C5H5ClN2O2. The quantitative estimate of drug-likeness (QED) is 0.540. The summed E-state index contributed by atoms with van der Waals surface area (Å²) in [6.07, 6.45) is 2.00. The molecule has 0 aromatic carbocycles. The van der Waals surface area contributed by atoms with Gasteiger partial charge in [-0.2, -0.15) is 0 Å². The number of amides is 1. The molecule has 0 fully saturated rings. The minimum Gasteiger partial charge on any atom is -0.465 e. The number of hydrogen-bond donors (Lipinski definition) is 1. The van der Waals surface area contributed by atoms with Crippen LogP contribution in [0.1, 0.15) is 0 Å². The van der Waals surface area contributed by atoms with E-state index in [-0.39, 0.29) is 11.8 Å². The Labute approximate surface area is 62.4 Å². The van der Waals surface area contributed by atoms with E-state index in [1.54, 1.807) is 6.08 Å². The molecule has 0 saturated heterocycles. The van der Waals surface area contributed by atoms with Crippen molar-refractivity contribution >= 4 is 23.0 Å². The van der Waals surface area contributed by atoms with Crippen molar-refractivity contribution in [2.24, 2.45) is 4.99 Å². The fourth-order valence-electron chi connectivity index (χ4n) is 0.569. The highest BCUT2D eigenvalue weighted by Gasteiger charge is 2.16. The molecule has 0 atom stereocenters. The Bertz CT molecular complexity index is 212. The van der Waals surface area contributed by atoms with Gasteiger partial charge >= 0.3 is 6.09 Å². The number of amidine groups is 1. The van der Waals surface area contributed by atoms with Crippen LogP contribution in [0.5, 0.6) is 0 Å². The number of halogens is 1. The standard InChI is InChI=1S/C5H5ClN2O2/c6-4-7-2-1-3-8(4)5(9)10/h1-2H,3H2,(H,9,10). The zero-order chi connectivity index (χ0) is 7.56. The zero-order valence-corrected chi connectivity index (χ0v) is 5.75. The van der Waals surface area contributed by atoms with Crippen molar-refractivity contribution in [1.82, 2.24) is 4.90 Å². The lowest BCUT2D eigenvalue weighted by molar-refractivity contribution is 0.172. The molecule has 0 aromatic heterocycles. The predicted octanol–water partition coefficient (Wildman–Crippen LogP) is 1.09. The SMILES string of the molecule is O=C(O)N1CC=CN=C1Cl. The van der Waals surface area contributed by atoms with Gasteiger partial charge in [0.15, 0.2) is 0 Å². The molecule has 10 heavy (non-hydrogen) atoms. The average Bonchev–Trinajstić information content (AvgIpc) is 1.88. The van der Waals surface area contributed by atoms with E-state index in [4.69, 9.17) is 16.7 Å². The van der Waals surface area contributed by atoms with Gasteiger partial charge in [0.25, 0.3) is 0 Å². The molecular weight excluding hydrogens is 156 g/mol. The first-order valence-corrected chi connectivity index (χ1v) is 2.98. The van der Waals surface area contributed by atoms with Crippen LogP contribution in [0.15, 0.2) is 17.3 Å². The summed E-state index contributed by atoms with van der Waals surface area (Å²) in [5.41, 5.74) is 0. The molecule has 54 valence electrons. The monoisotopic (exact) mass is 160 g/mol. The number of rotatable bonds is 0. The normalized spacial score (nSPS) is 16.9. The molecule has 5 heteroatoms. The Balaban J connectivity index is 2.73. The van der Waals surface area contributed by atoms with Crippen LogP contribution in [0.2, 0.25) is 0 Å². The number of carbonyl (C=O) groups is 1. The van der Waals surface area contributed by atoms with E-state index in [1.807, 2.05) is 0 Å². The number of nitrogens with zero attached hydrogens (tertiary/aromatic N) is 2. The van der Waals surface area contributed by atoms with Gasteiger partial charge in [-0.25, -0.2) is 14.7 Å². The summed E-state index contributed by atoms with van der Waals surface area (Å²) in [7, 11) is 0. The van der Waals surface area contributed by atoms with Gasteiger partial charge in [0.1, 0.15) is 0 Å². The first-order chi connectivity index (χ1) is 4.72. The molecule has 0 aromatic rings. The van der Waals surface area contributed by atoms with E-state index in [0.717, 1.165) is 4.90 Å². The van der Waals surface area contributed by atoms with Crippen molar-refractivity contribution in [3.05, 3.63) is 12.3 Å². The van der Waals surface area contributed by atoms with E-state index in [9.17, 15) is 4.79 Å². The lowest BCUT2D eigenvalue weighted by Crippen LogP contribution is -2.33. The van der Waals surface area contributed by atoms with Crippen LogP contribution in [0.3, 0.4) is 0 Å². The van der Waals surface area contributed by atoms with Crippen LogP contribution in [0.4, 0.5) is 4.79 Å². The van der Waals surface area contributed by atoms with E-state index >= 15 is 0 Å². The van der Waals surface area contributed by atoms with Crippen molar-refractivity contribution < 1.29 is 9.90 Å². The molecule has 1 rings (SSSR count). The number of hydrogen-bond acceptors (Lipinski definition) is 2. The van der Waals surface area contributed by atoms with Crippen molar-refractivity contribution in [2.45, 2.75) is 0 Å². The third-order valence-corrected chi connectivity index (χ3v) is 1.33. The molecule has 0 saturated carbocycles. The van der Waals surface area contributed by atoms with E-state index in [2.05, 4.69) is 4.99 Å². The second kappa shape index (κ2) is 2.70. The second-order valence-corrected chi connectivity index (χ2v) is 2.01. The predicted molar refractivity (Wildman–Crippen MR) is 37.2 cm³/mol. The second-order valence-electron chi connectivity index (χ2n) is 1.68. The minimum atomic E-state index is -1.09. The summed E-state index contributed by atoms with van der Waals surface area (Å²) in [6, 6.07) is 0. The number of aliphatic imine (C=N–C) groups is 1. The highest BCUT2D eigenvalue weighted by Crippen LogP contribution is 2.03. The molecule has 1 aliphatic heterocycles. The van der Waals surface area contributed by atoms with Crippen molar-refractivity contribution in [3.63, 3.8) is 0 Å². The van der Waals surface area contributed by atoms with Gasteiger partial charge in [0.2, 0.25) is 5.29 Å². The third kappa shape index (κ3) is 1.27. The summed E-state index contributed by atoms with van der Waals surface area (Å²) in [5.74, 6) is 0. The molecule has 4 nitrogen and oxygen atoms in total. The van der Waals surface area contributed by atoms with Gasteiger partial charge in [-0.3, -0.25) is 0 Å². The summed E-state index contributed by atoms with van der Waals surface area (Å²) in [5, 5.41) is 8.43. The minimum absolute atomic E-state index is 0.00463. The van der Waals surface area contributed by atoms with Gasteiger partial charge in [0, 0.05) is 6.20 Å². The van der Waals surface area contributed by atoms with E-state index in [1.165, 1.54) is 6.20 Å². The summed E-state index contributed by atoms with van der Waals surface area (Å²) in [6.45, 7) is 0.275. The molecule has 1 heterocycles. The third-order valence-electron chi connectivity index (χ3n) is 1.03. The van der Waals surface area contributed by atoms with Crippen LogP contribution in [-0.4, -0.2) is 27.9 Å². The molecule has 0 spiro atoms. The maximum atomic E-state index is 10.3. The Hall–Kier alpha value is -1.03. The topological polar surface area (TPSA) is 52.9 Å². The Morgan fingerprint density at radius 1 is 1.90 bits per heavy atom. The highest BCUT2D eigenvalue weighted by molar-refractivity contribution is 6.65. The fourth-order valence-corrected chi connectivity index (χ4v) is 0.766. The van der Waals surface area contributed by atoms with Gasteiger partial charge in [-0.1, -0.05) is 0 Å². The van der Waals surface area contributed by atoms with Crippen molar-refractivity contribution in [2.75, 3.05) is 6.54 Å². The molecule has 0 radical (unpaired) electrons. The molecule has 0 bridgehead atoms. The van der Waals surface area contributed by atoms with Gasteiger partial charge < -0.3 is 5.11 Å².